The summed E-state index contributed by atoms with van der Waals surface area (Å²) in [4.78, 5) is 14.0. The number of ether oxygens (including phenoxy) is 2. The van der Waals surface area contributed by atoms with Crippen molar-refractivity contribution in [1.82, 2.24) is 4.90 Å². The van der Waals surface area contributed by atoms with Gasteiger partial charge in [-0.15, -0.1) is 0 Å². The average molecular weight is 484 g/mol. The molecule has 0 atom stereocenters. The molecule has 1 fully saturated rings. The highest BCUT2D eigenvalue weighted by Gasteiger charge is 2.15. The van der Waals surface area contributed by atoms with E-state index in [2.05, 4.69) is 4.90 Å². The van der Waals surface area contributed by atoms with Crippen LogP contribution in [0.1, 0.15) is 29.6 Å². The highest BCUT2D eigenvalue weighted by Crippen LogP contribution is 2.41. The molecule has 0 saturated carbocycles. The van der Waals surface area contributed by atoms with Gasteiger partial charge in [0, 0.05) is 17.5 Å². The summed E-state index contributed by atoms with van der Waals surface area (Å²) in [5, 5.41) is 21.0. The van der Waals surface area contributed by atoms with Crippen LogP contribution in [-0.4, -0.2) is 47.3 Å². The first-order valence-corrected chi connectivity index (χ1v) is 12.3. The number of piperidine rings is 1. The summed E-state index contributed by atoms with van der Waals surface area (Å²) in [5.74, 6) is 1.20. The molecule has 0 spiro atoms. The van der Waals surface area contributed by atoms with E-state index >= 15 is 0 Å². The zero-order valence-electron chi connectivity index (χ0n) is 20.0. The molecule has 1 aliphatic heterocycles. The number of benzene rings is 4. The van der Waals surface area contributed by atoms with Gasteiger partial charge >= 0.3 is 5.97 Å². The lowest BCUT2D eigenvalue weighted by molar-refractivity contribution is 0.0697. The molecule has 36 heavy (non-hydrogen) atoms. The van der Waals surface area contributed by atoms with Gasteiger partial charge in [0.25, 0.3) is 0 Å². The van der Waals surface area contributed by atoms with Gasteiger partial charge in [0.2, 0.25) is 0 Å². The standard InChI is InChI=1S/C30H29NO5/c32-24-8-14-28-22(20-24)7-13-27(21-5-4-6-23(19-21)30(33)34)29(28)36-26-11-9-25(10-12-26)35-18-17-31-15-2-1-3-16-31/h4-14,19-20,32H,1-3,15-18H2,(H,33,34). The fourth-order valence-corrected chi connectivity index (χ4v) is 4.64. The SMILES string of the molecule is O=C(O)c1cccc(-c2ccc3cc(O)ccc3c2Oc2ccc(OCCN3CCCCC3)cc2)c1. The van der Waals surface area contributed by atoms with E-state index in [1.54, 1.807) is 30.3 Å². The zero-order chi connectivity index (χ0) is 24.9. The first kappa shape index (κ1) is 23.7. The highest BCUT2D eigenvalue weighted by atomic mass is 16.5. The molecular weight excluding hydrogens is 454 g/mol. The lowest BCUT2D eigenvalue weighted by Crippen LogP contribution is -2.33. The lowest BCUT2D eigenvalue weighted by atomic mass is 9.98. The van der Waals surface area contributed by atoms with E-state index in [1.165, 1.54) is 19.3 Å². The molecule has 0 unspecified atom stereocenters. The number of likely N-dealkylation sites (tertiary alicyclic amines) is 1. The van der Waals surface area contributed by atoms with Gasteiger partial charge in [-0.2, -0.15) is 0 Å². The van der Waals surface area contributed by atoms with Crippen molar-refractivity contribution in [2.75, 3.05) is 26.2 Å². The fourth-order valence-electron chi connectivity index (χ4n) is 4.64. The third-order valence-electron chi connectivity index (χ3n) is 6.54. The number of rotatable bonds is 8. The minimum absolute atomic E-state index is 0.167. The van der Waals surface area contributed by atoms with Crippen LogP contribution in [0.25, 0.3) is 21.9 Å². The molecule has 1 aliphatic rings. The van der Waals surface area contributed by atoms with E-state index < -0.39 is 5.97 Å². The summed E-state index contributed by atoms with van der Waals surface area (Å²) >= 11 is 0. The monoisotopic (exact) mass is 483 g/mol. The molecular formula is C30H29NO5. The number of phenolic OH excluding ortho intramolecular Hbond substituents is 1. The number of carbonyl (C=O) groups is 1. The fraction of sp³-hybridized carbons (Fsp3) is 0.233. The van der Waals surface area contributed by atoms with Gasteiger partial charge in [0.05, 0.1) is 5.56 Å². The average Bonchev–Trinajstić information content (AvgIpc) is 2.90. The van der Waals surface area contributed by atoms with Crippen LogP contribution in [0.15, 0.2) is 78.9 Å². The Balaban J connectivity index is 1.40. The molecule has 0 aliphatic carbocycles. The van der Waals surface area contributed by atoms with Crippen LogP contribution >= 0.6 is 0 Å². The van der Waals surface area contributed by atoms with E-state index in [0.29, 0.717) is 18.1 Å². The summed E-state index contributed by atoms with van der Waals surface area (Å²) < 4.78 is 12.3. The van der Waals surface area contributed by atoms with Gasteiger partial charge in [0.15, 0.2) is 0 Å². The molecule has 4 aromatic carbocycles. The van der Waals surface area contributed by atoms with Gasteiger partial charge in [-0.05, 0) is 97.5 Å². The highest BCUT2D eigenvalue weighted by molar-refractivity contribution is 5.97. The second-order valence-corrected chi connectivity index (χ2v) is 9.06. The number of aromatic carboxylic acids is 1. The van der Waals surface area contributed by atoms with E-state index in [-0.39, 0.29) is 11.3 Å². The zero-order valence-corrected chi connectivity index (χ0v) is 20.0. The predicted molar refractivity (Wildman–Crippen MR) is 140 cm³/mol. The van der Waals surface area contributed by atoms with Crippen molar-refractivity contribution in [3.63, 3.8) is 0 Å². The molecule has 6 heteroatoms. The van der Waals surface area contributed by atoms with E-state index in [4.69, 9.17) is 9.47 Å². The number of phenols is 1. The molecule has 0 bridgehead atoms. The third kappa shape index (κ3) is 5.44. The molecule has 4 aromatic rings. The number of fused-ring (bicyclic) bond motifs is 1. The van der Waals surface area contributed by atoms with Gasteiger partial charge in [0.1, 0.15) is 29.6 Å². The van der Waals surface area contributed by atoms with Gasteiger partial charge < -0.3 is 19.7 Å². The largest absolute Gasteiger partial charge is 0.508 e. The Morgan fingerprint density at radius 3 is 2.42 bits per heavy atom. The van der Waals surface area contributed by atoms with Crippen LogP contribution in [0, 0.1) is 0 Å². The Labute approximate surface area is 210 Å². The van der Waals surface area contributed by atoms with Crippen molar-refractivity contribution < 1.29 is 24.5 Å². The molecule has 2 N–H and O–H groups in total. The van der Waals surface area contributed by atoms with Crippen molar-refractivity contribution in [2.24, 2.45) is 0 Å². The van der Waals surface area contributed by atoms with Crippen molar-refractivity contribution in [3.8, 4) is 34.1 Å². The van der Waals surface area contributed by atoms with Crippen molar-refractivity contribution in [2.45, 2.75) is 19.3 Å². The minimum atomic E-state index is -0.985. The Morgan fingerprint density at radius 1 is 0.861 bits per heavy atom. The van der Waals surface area contributed by atoms with E-state index in [1.807, 2.05) is 48.5 Å². The van der Waals surface area contributed by atoms with Gasteiger partial charge in [-0.1, -0.05) is 24.6 Å². The maximum atomic E-state index is 11.5. The van der Waals surface area contributed by atoms with E-state index in [9.17, 15) is 15.0 Å². The number of carboxylic acids is 1. The molecule has 5 rings (SSSR count). The Hall–Kier alpha value is -4.03. The molecule has 0 amide bonds. The molecule has 1 saturated heterocycles. The topological polar surface area (TPSA) is 79.2 Å². The molecule has 1 heterocycles. The summed E-state index contributed by atoms with van der Waals surface area (Å²) in [5.41, 5.74) is 1.70. The number of hydrogen-bond acceptors (Lipinski definition) is 5. The normalized spacial score (nSPS) is 14.0. The Bertz CT molecular complexity index is 1360. The lowest BCUT2D eigenvalue weighted by Gasteiger charge is -2.26. The van der Waals surface area contributed by atoms with Crippen LogP contribution < -0.4 is 9.47 Å². The summed E-state index contributed by atoms with van der Waals surface area (Å²) in [6, 6.07) is 23.2. The van der Waals surface area contributed by atoms with Gasteiger partial charge in [-0.3, -0.25) is 4.90 Å². The Morgan fingerprint density at radius 2 is 1.64 bits per heavy atom. The van der Waals surface area contributed by atoms with Crippen LogP contribution in [0.3, 0.4) is 0 Å². The van der Waals surface area contributed by atoms with Crippen molar-refractivity contribution >= 4 is 16.7 Å². The third-order valence-corrected chi connectivity index (χ3v) is 6.54. The number of nitrogens with zero attached hydrogens (tertiary/aromatic N) is 1. The van der Waals surface area contributed by atoms with Gasteiger partial charge in [-0.25, -0.2) is 4.79 Å². The molecule has 0 aromatic heterocycles. The number of carboxylic acid groups (broad SMARTS) is 1. The number of aromatic hydroxyl groups is 1. The summed E-state index contributed by atoms with van der Waals surface area (Å²) in [6.07, 6.45) is 3.86. The maximum absolute atomic E-state index is 11.5. The minimum Gasteiger partial charge on any atom is -0.508 e. The number of hydrogen-bond donors (Lipinski definition) is 2. The van der Waals surface area contributed by atoms with Crippen molar-refractivity contribution in [1.29, 1.82) is 0 Å². The first-order chi connectivity index (χ1) is 17.6. The Kier molecular flexibility index (Phi) is 7.05. The van der Waals surface area contributed by atoms with Crippen molar-refractivity contribution in [3.05, 3.63) is 84.4 Å². The quantitative estimate of drug-likeness (QED) is 0.295. The second kappa shape index (κ2) is 10.7. The maximum Gasteiger partial charge on any atom is 0.335 e. The smallest absolute Gasteiger partial charge is 0.335 e. The summed E-state index contributed by atoms with van der Waals surface area (Å²) in [7, 11) is 0. The predicted octanol–water partition coefficient (Wildman–Crippen LogP) is 6.57. The molecule has 6 nitrogen and oxygen atoms in total. The second-order valence-electron chi connectivity index (χ2n) is 9.06. The van der Waals surface area contributed by atoms with Crippen LogP contribution in [0.5, 0.6) is 23.0 Å². The summed E-state index contributed by atoms with van der Waals surface area (Å²) in [6.45, 7) is 3.88. The molecule has 0 radical (unpaired) electrons. The molecule has 184 valence electrons. The van der Waals surface area contributed by atoms with Crippen LogP contribution in [0.4, 0.5) is 0 Å². The first-order valence-electron chi connectivity index (χ1n) is 12.3. The van der Waals surface area contributed by atoms with Crippen LogP contribution in [-0.2, 0) is 0 Å². The van der Waals surface area contributed by atoms with Crippen LogP contribution in [0.2, 0.25) is 0 Å². The van der Waals surface area contributed by atoms with E-state index in [0.717, 1.165) is 47.3 Å².